The first-order chi connectivity index (χ1) is 36.9. The summed E-state index contributed by atoms with van der Waals surface area (Å²) in [6, 6.07) is 2.34. The zero-order chi connectivity index (χ0) is 58.2. The van der Waals surface area contributed by atoms with E-state index in [-0.39, 0.29) is 116 Å². The highest BCUT2D eigenvalue weighted by Crippen LogP contribution is 2.39. The lowest BCUT2D eigenvalue weighted by molar-refractivity contribution is -0.143. The topological polar surface area (TPSA) is 204 Å². The van der Waals surface area contributed by atoms with Crippen molar-refractivity contribution in [3.05, 3.63) is 34.3 Å². The molecule has 18 nitrogen and oxygen atoms in total. The SMILES string of the molecule is CC(C)(C)OC(=O)N1CC(Oc2cc(N(C(=O)OC(C)(C)C)C3CCC(F)(F)CC3)nc(-c3nc(CF)cs3)n2)C1.CC(C)C(=O)Cl.CC(C)C(=O)N1CC(Oc2cc(NC3CCC(F)(F)CC3)nc(-c3nc(CF)cs3)n2)C1. The minimum atomic E-state index is -2.81. The van der Waals surface area contributed by atoms with Crippen LogP contribution in [0.5, 0.6) is 11.8 Å². The van der Waals surface area contributed by atoms with Gasteiger partial charge in [-0.1, -0.05) is 27.7 Å². The summed E-state index contributed by atoms with van der Waals surface area (Å²) in [6.07, 6.45) is -2.17. The van der Waals surface area contributed by atoms with Crippen molar-refractivity contribution in [2.75, 3.05) is 36.4 Å². The van der Waals surface area contributed by atoms with Gasteiger partial charge in [-0.2, -0.15) is 9.97 Å². The fourth-order valence-electron chi connectivity index (χ4n) is 8.09. The molecule has 2 aliphatic heterocycles. The van der Waals surface area contributed by atoms with Gasteiger partial charge in [-0.3, -0.25) is 14.5 Å². The van der Waals surface area contributed by atoms with Gasteiger partial charge >= 0.3 is 12.2 Å². The number of halogens is 7. The number of alkyl halides is 6. The molecule has 0 aromatic carbocycles. The van der Waals surface area contributed by atoms with Gasteiger partial charge in [0.05, 0.1) is 37.6 Å². The molecule has 1 N–H and O–H groups in total. The Bertz CT molecular complexity index is 2710. The highest BCUT2D eigenvalue weighted by Gasteiger charge is 2.42. The second-order valence-electron chi connectivity index (χ2n) is 22.3. The van der Waals surface area contributed by atoms with Crippen LogP contribution in [0.4, 0.5) is 47.6 Å². The first kappa shape index (κ1) is 62.6. The largest absolute Gasteiger partial charge is 0.470 e. The van der Waals surface area contributed by atoms with Gasteiger partial charge in [0.1, 0.15) is 48.4 Å². The fraction of sp³-hybridized carbons (Fsp3) is 0.654. The molecule has 4 aliphatic rings. The van der Waals surface area contributed by atoms with Crippen molar-refractivity contribution in [1.82, 2.24) is 39.7 Å². The smallest absolute Gasteiger partial charge is 0.416 e. The van der Waals surface area contributed by atoms with Crippen LogP contribution in [0.15, 0.2) is 22.9 Å². The zero-order valence-electron chi connectivity index (χ0n) is 45.9. The fourth-order valence-corrected chi connectivity index (χ4v) is 9.55. The molecule has 0 spiro atoms. The summed E-state index contributed by atoms with van der Waals surface area (Å²) in [5.41, 5.74) is -0.997. The van der Waals surface area contributed by atoms with Crippen molar-refractivity contribution >= 4 is 69.2 Å². The number of carbonyl (C=O) groups excluding carboxylic acids is 4. The summed E-state index contributed by atoms with van der Waals surface area (Å²) in [4.78, 5) is 78.5. The molecule has 6 heterocycles. The maximum atomic E-state index is 14.0. The number of ether oxygens (including phenoxy) is 4. The summed E-state index contributed by atoms with van der Waals surface area (Å²) < 4.78 is 104. The van der Waals surface area contributed by atoms with Crippen molar-refractivity contribution in [3.63, 3.8) is 0 Å². The number of carbonyl (C=O) groups is 4. The standard InChI is InChI=1S/C27H36F3N5O5S.C21H26F3N5O2S.C4H7ClO/c1-25(2,3)39-23(36)34-13-18(14-34)38-20-11-19(32-21(33-20)22-31-16(12-28)15-41-22)35(24(37)40-26(4,5)6)17-7-9-27(29,30)10-8-17;1-12(2)20(30)29-9-15(10-29)31-17-7-16(25-13-3-5-21(23,24)6-4-13)27-18(28-17)19-26-14(8-22)11-32-19;1-3(2)4(5)6/h11,15,17-18H,7-10,12-14H2,1-6H3;7,11-13,15H,3-6,8-10H2,1-2H3,(H,25,27,28);3H,1-2H3. The molecule has 8 rings (SSSR count). The first-order valence-electron chi connectivity index (χ1n) is 26.0. The van der Waals surface area contributed by atoms with Gasteiger partial charge in [0, 0.05) is 72.5 Å². The molecule has 2 aliphatic carbocycles. The van der Waals surface area contributed by atoms with Gasteiger partial charge < -0.3 is 34.1 Å². The summed E-state index contributed by atoms with van der Waals surface area (Å²) in [7, 11) is 0. The maximum Gasteiger partial charge on any atom is 0.416 e. The predicted molar refractivity (Wildman–Crippen MR) is 286 cm³/mol. The van der Waals surface area contributed by atoms with Crippen molar-refractivity contribution in [1.29, 1.82) is 0 Å². The normalized spacial score (nSPS) is 17.8. The van der Waals surface area contributed by atoms with E-state index in [2.05, 4.69) is 35.2 Å². The van der Waals surface area contributed by atoms with E-state index < -0.39 is 60.7 Å². The molecular formula is C52H69ClF6N10O8S2. The second kappa shape index (κ2) is 26.3. The number of nitrogens with one attached hydrogen (secondary N) is 1. The van der Waals surface area contributed by atoms with E-state index in [4.69, 9.17) is 30.5 Å². The molecular weight excluding hydrogens is 1110 g/mol. The monoisotopic (exact) mass is 1170 g/mol. The third-order valence-corrected chi connectivity index (χ3v) is 14.5. The van der Waals surface area contributed by atoms with Crippen molar-refractivity contribution < 1.29 is 64.5 Å². The highest BCUT2D eigenvalue weighted by atomic mass is 35.5. The van der Waals surface area contributed by atoms with Crippen LogP contribution >= 0.6 is 34.3 Å². The van der Waals surface area contributed by atoms with Crippen LogP contribution in [0.3, 0.4) is 0 Å². The lowest BCUT2D eigenvalue weighted by Crippen LogP contribution is -2.57. The molecule has 0 bridgehead atoms. The number of aromatic nitrogens is 6. The quantitative estimate of drug-likeness (QED) is 0.0921. The molecule has 0 atom stereocenters. The van der Waals surface area contributed by atoms with Crippen LogP contribution in [0.2, 0.25) is 0 Å². The van der Waals surface area contributed by atoms with Gasteiger partial charge in [0.2, 0.25) is 34.8 Å². The highest BCUT2D eigenvalue weighted by molar-refractivity contribution is 7.13. The Morgan fingerprint density at radius 1 is 0.684 bits per heavy atom. The Hall–Kier alpha value is -5.63. The molecule has 2 saturated carbocycles. The molecule has 436 valence electrons. The number of anilines is 2. The van der Waals surface area contributed by atoms with Crippen LogP contribution in [0.1, 0.15) is 132 Å². The summed E-state index contributed by atoms with van der Waals surface area (Å²) >= 11 is 7.32. The van der Waals surface area contributed by atoms with E-state index in [0.29, 0.717) is 53.3 Å². The Balaban J connectivity index is 0.000000237. The van der Waals surface area contributed by atoms with E-state index in [9.17, 15) is 45.5 Å². The number of likely N-dealkylation sites (tertiary alicyclic amines) is 2. The van der Waals surface area contributed by atoms with Crippen LogP contribution in [0.25, 0.3) is 21.7 Å². The Morgan fingerprint density at radius 2 is 1.14 bits per heavy atom. The Kier molecular flexibility index (Phi) is 20.8. The van der Waals surface area contributed by atoms with E-state index >= 15 is 0 Å². The minimum absolute atomic E-state index is 0.0216. The molecule has 0 radical (unpaired) electrons. The van der Waals surface area contributed by atoms with E-state index in [1.807, 2.05) is 13.8 Å². The number of hydrogen-bond donors (Lipinski definition) is 1. The molecule has 4 aromatic rings. The number of nitrogens with zero attached hydrogens (tertiary/aromatic N) is 9. The molecule has 0 unspecified atom stereocenters. The van der Waals surface area contributed by atoms with Crippen LogP contribution < -0.4 is 19.7 Å². The van der Waals surface area contributed by atoms with E-state index in [1.54, 1.807) is 71.7 Å². The van der Waals surface area contributed by atoms with Gasteiger partial charge in [0.25, 0.3) is 0 Å². The number of rotatable bonds is 14. The zero-order valence-corrected chi connectivity index (χ0v) is 48.3. The number of hydrogen-bond acceptors (Lipinski definition) is 17. The van der Waals surface area contributed by atoms with E-state index in [0.717, 1.165) is 11.3 Å². The first-order valence-corrected chi connectivity index (χ1v) is 28.2. The molecule has 2 saturated heterocycles. The lowest BCUT2D eigenvalue weighted by Gasteiger charge is -2.39. The van der Waals surface area contributed by atoms with Gasteiger partial charge in [-0.05, 0) is 78.8 Å². The average molecular weight is 1180 g/mol. The number of thiazole rings is 2. The molecule has 4 fully saturated rings. The molecule has 27 heteroatoms. The van der Waals surface area contributed by atoms with Gasteiger partial charge in [0.15, 0.2) is 21.7 Å². The summed E-state index contributed by atoms with van der Waals surface area (Å²) in [5, 5.41) is 6.83. The third kappa shape index (κ3) is 18.7. The average Bonchev–Trinajstić information content (AvgIpc) is 4.04. The minimum Gasteiger partial charge on any atom is -0.470 e. The van der Waals surface area contributed by atoms with Crippen LogP contribution in [0, 0.1) is 11.8 Å². The van der Waals surface area contributed by atoms with Crippen molar-refractivity contribution in [2.24, 2.45) is 11.8 Å². The van der Waals surface area contributed by atoms with Crippen LogP contribution in [-0.4, -0.2) is 137 Å². The third-order valence-electron chi connectivity index (χ3n) is 12.3. The van der Waals surface area contributed by atoms with Crippen LogP contribution in [-0.2, 0) is 32.4 Å². The van der Waals surface area contributed by atoms with Crippen molar-refractivity contribution in [2.45, 2.75) is 181 Å². The summed E-state index contributed by atoms with van der Waals surface area (Å²) in [5.74, 6) is -4.14. The van der Waals surface area contributed by atoms with E-state index in [1.165, 1.54) is 32.6 Å². The predicted octanol–water partition coefficient (Wildman–Crippen LogP) is 12.1. The van der Waals surface area contributed by atoms with Crippen molar-refractivity contribution in [3.8, 4) is 33.4 Å². The molecule has 3 amide bonds. The molecule has 4 aromatic heterocycles. The molecule has 79 heavy (non-hydrogen) atoms. The van der Waals surface area contributed by atoms with Gasteiger partial charge in [-0.25, -0.2) is 55.9 Å². The van der Waals surface area contributed by atoms with Gasteiger partial charge in [-0.15, -0.1) is 22.7 Å². The summed E-state index contributed by atoms with van der Waals surface area (Å²) in [6.45, 7) is 17.7. The maximum absolute atomic E-state index is 14.0. The Labute approximate surface area is 468 Å². The second-order valence-corrected chi connectivity index (χ2v) is 24.4. The number of amides is 3. The Morgan fingerprint density at radius 3 is 1.58 bits per heavy atom. The lowest BCUT2D eigenvalue weighted by atomic mass is 9.91.